The lowest BCUT2D eigenvalue weighted by Crippen LogP contribution is -2.46. The summed E-state index contributed by atoms with van der Waals surface area (Å²) in [6, 6.07) is 7.30. The number of hydrogen-bond acceptors (Lipinski definition) is 2. The highest BCUT2D eigenvalue weighted by Gasteiger charge is 2.38. The zero-order valence-electron chi connectivity index (χ0n) is 12.0. The van der Waals surface area contributed by atoms with E-state index in [-0.39, 0.29) is 17.9 Å². The zero-order chi connectivity index (χ0) is 15.0. The van der Waals surface area contributed by atoms with Crippen molar-refractivity contribution in [3.63, 3.8) is 0 Å². The van der Waals surface area contributed by atoms with Crippen molar-refractivity contribution in [3.05, 3.63) is 42.0 Å². The number of para-hydroxylation sites is 1. The number of hydrogen-bond donors (Lipinski definition) is 1. The molecule has 0 saturated carbocycles. The third-order valence-corrected chi connectivity index (χ3v) is 4.48. The molecule has 1 heterocycles. The van der Waals surface area contributed by atoms with Crippen LogP contribution in [0.2, 0.25) is 0 Å². The first-order valence-electron chi connectivity index (χ1n) is 7.39. The van der Waals surface area contributed by atoms with E-state index in [1.807, 2.05) is 48.2 Å². The first-order chi connectivity index (χ1) is 10.1. The second kappa shape index (κ2) is 5.35. The standard InChI is InChI=1S/C17H19NO3/c1-11-10-14(17(20)21)13-8-4-5-9-15(13)18(11)16(19)12-6-2-3-7-12/h2-5,8-9,11-12,14H,6-7,10H2,1H3,(H,20,21)/t11-,14+/m1/s1. The lowest BCUT2D eigenvalue weighted by Gasteiger charge is -2.39. The van der Waals surface area contributed by atoms with Gasteiger partial charge in [0.15, 0.2) is 0 Å². The van der Waals surface area contributed by atoms with Crippen LogP contribution in [-0.4, -0.2) is 23.0 Å². The van der Waals surface area contributed by atoms with Crippen LogP contribution in [0.3, 0.4) is 0 Å². The molecule has 0 unspecified atom stereocenters. The summed E-state index contributed by atoms with van der Waals surface area (Å²) >= 11 is 0. The van der Waals surface area contributed by atoms with Crippen molar-refractivity contribution in [1.82, 2.24) is 0 Å². The van der Waals surface area contributed by atoms with E-state index < -0.39 is 11.9 Å². The van der Waals surface area contributed by atoms with Crippen LogP contribution >= 0.6 is 0 Å². The molecule has 1 amide bonds. The minimum absolute atomic E-state index is 0.00174. The Labute approximate surface area is 124 Å². The molecule has 0 fully saturated rings. The molecule has 21 heavy (non-hydrogen) atoms. The van der Waals surface area contributed by atoms with E-state index >= 15 is 0 Å². The van der Waals surface area contributed by atoms with Crippen LogP contribution in [0.4, 0.5) is 5.69 Å². The SMILES string of the molecule is C[C@@H]1C[C@H](C(=O)O)c2ccccc2N1C(=O)C1CC=CC1. The molecule has 0 spiro atoms. The fraction of sp³-hybridized carbons (Fsp3) is 0.412. The van der Waals surface area contributed by atoms with Crippen LogP contribution < -0.4 is 4.90 Å². The average molecular weight is 285 g/mol. The van der Waals surface area contributed by atoms with E-state index in [9.17, 15) is 14.7 Å². The maximum Gasteiger partial charge on any atom is 0.311 e. The van der Waals surface area contributed by atoms with E-state index in [1.165, 1.54) is 0 Å². The number of aliphatic carboxylic acids is 1. The second-order valence-electron chi connectivity index (χ2n) is 5.88. The number of rotatable bonds is 2. The van der Waals surface area contributed by atoms with Gasteiger partial charge in [-0.1, -0.05) is 30.4 Å². The molecule has 110 valence electrons. The smallest absolute Gasteiger partial charge is 0.311 e. The number of carbonyl (C=O) groups excluding carboxylic acids is 1. The summed E-state index contributed by atoms with van der Waals surface area (Å²) < 4.78 is 0. The Kier molecular flexibility index (Phi) is 3.53. The molecule has 0 radical (unpaired) electrons. The Morgan fingerprint density at radius 3 is 2.52 bits per heavy atom. The van der Waals surface area contributed by atoms with Crippen LogP contribution in [0.1, 0.15) is 37.7 Å². The highest BCUT2D eigenvalue weighted by Crippen LogP contribution is 2.40. The van der Waals surface area contributed by atoms with Gasteiger partial charge in [-0.05, 0) is 37.8 Å². The topological polar surface area (TPSA) is 57.6 Å². The molecular formula is C17H19NO3. The lowest BCUT2D eigenvalue weighted by molar-refractivity contribution is -0.139. The van der Waals surface area contributed by atoms with Crippen molar-refractivity contribution in [1.29, 1.82) is 0 Å². The summed E-state index contributed by atoms with van der Waals surface area (Å²) in [6.45, 7) is 1.94. The Morgan fingerprint density at radius 2 is 1.86 bits per heavy atom. The number of allylic oxidation sites excluding steroid dienone is 2. The minimum atomic E-state index is -0.816. The van der Waals surface area contributed by atoms with Gasteiger partial charge in [0.2, 0.25) is 5.91 Å². The van der Waals surface area contributed by atoms with Crippen LogP contribution in [-0.2, 0) is 9.59 Å². The molecule has 1 aliphatic carbocycles. The van der Waals surface area contributed by atoms with Gasteiger partial charge >= 0.3 is 5.97 Å². The molecule has 2 aliphatic rings. The van der Waals surface area contributed by atoms with E-state index in [0.29, 0.717) is 6.42 Å². The summed E-state index contributed by atoms with van der Waals surface area (Å²) in [5.74, 6) is -1.23. The number of benzene rings is 1. The fourth-order valence-corrected chi connectivity index (χ4v) is 3.40. The lowest BCUT2D eigenvalue weighted by atomic mass is 9.85. The Balaban J connectivity index is 1.99. The van der Waals surface area contributed by atoms with E-state index in [0.717, 1.165) is 24.1 Å². The van der Waals surface area contributed by atoms with Crippen molar-refractivity contribution in [3.8, 4) is 0 Å². The van der Waals surface area contributed by atoms with Crippen molar-refractivity contribution in [2.75, 3.05) is 4.90 Å². The number of amides is 1. The van der Waals surface area contributed by atoms with Gasteiger partial charge in [0.05, 0.1) is 5.92 Å². The summed E-state index contributed by atoms with van der Waals surface area (Å²) in [4.78, 5) is 26.1. The quantitative estimate of drug-likeness (QED) is 0.850. The van der Waals surface area contributed by atoms with Crippen LogP contribution in [0.5, 0.6) is 0 Å². The summed E-state index contributed by atoms with van der Waals surface area (Å²) in [5.41, 5.74) is 1.52. The second-order valence-corrected chi connectivity index (χ2v) is 5.88. The Bertz CT molecular complexity index is 600. The molecule has 4 heteroatoms. The number of carboxylic acids is 1. The van der Waals surface area contributed by atoms with E-state index in [2.05, 4.69) is 0 Å². The van der Waals surface area contributed by atoms with Gasteiger partial charge in [0, 0.05) is 17.6 Å². The molecule has 1 N–H and O–H groups in total. The number of nitrogens with zero attached hydrogens (tertiary/aromatic N) is 1. The van der Waals surface area contributed by atoms with Gasteiger partial charge in [0.25, 0.3) is 0 Å². The molecule has 0 aromatic heterocycles. The third-order valence-electron chi connectivity index (χ3n) is 4.48. The fourth-order valence-electron chi connectivity index (χ4n) is 3.40. The molecule has 2 atom stereocenters. The molecule has 0 bridgehead atoms. The zero-order valence-corrected chi connectivity index (χ0v) is 12.0. The minimum Gasteiger partial charge on any atom is -0.481 e. The first kappa shape index (κ1) is 13.9. The summed E-state index contributed by atoms with van der Waals surface area (Å²) in [5, 5.41) is 9.43. The molecule has 1 aromatic carbocycles. The van der Waals surface area contributed by atoms with Gasteiger partial charge < -0.3 is 10.0 Å². The van der Waals surface area contributed by atoms with Gasteiger partial charge in [-0.2, -0.15) is 0 Å². The molecular weight excluding hydrogens is 266 g/mol. The van der Waals surface area contributed by atoms with E-state index in [4.69, 9.17) is 0 Å². The molecule has 1 aliphatic heterocycles. The number of anilines is 1. The molecule has 1 aromatic rings. The van der Waals surface area contributed by atoms with Crippen LogP contribution in [0.25, 0.3) is 0 Å². The van der Waals surface area contributed by atoms with Crippen LogP contribution in [0.15, 0.2) is 36.4 Å². The molecule has 3 rings (SSSR count). The van der Waals surface area contributed by atoms with Crippen molar-refractivity contribution in [2.24, 2.45) is 5.92 Å². The first-order valence-corrected chi connectivity index (χ1v) is 7.39. The van der Waals surface area contributed by atoms with E-state index in [1.54, 1.807) is 0 Å². The predicted molar refractivity (Wildman–Crippen MR) is 80.2 cm³/mol. The Morgan fingerprint density at radius 1 is 1.19 bits per heavy atom. The normalized spacial score (nSPS) is 24.9. The number of fused-ring (bicyclic) bond motifs is 1. The van der Waals surface area contributed by atoms with Gasteiger partial charge in [-0.3, -0.25) is 9.59 Å². The van der Waals surface area contributed by atoms with Gasteiger partial charge in [-0.25, -0.2) is 0 Å². The molecule has 4 nitrogen and oxygen atoms in total. The van der Waals surface area contributed by atoms with Crippen molar-refractivity contribution < 1.29 is 14.7 Å². The largest absolute Gasteiger partial charge is 0.481 e. The van der Waals surface area contributed by atoms with Crippen LogP contribution in [0, 0.1) is 5.92 Å². The Hall–Kier alpha value is -2.10. The summed E-state index contributed by atoms with van der Waals surface area (Å²) in [7, 11) is 0. The molecule has 0 saturated heterocycles. The monoisotopic (exact) mass is 285 g/mol. The highest BCUT2D eigenvalue weighted by atomic mass is 16.4. The maximum atomic E-state index is 12.8. The van der Waals surface area contributed by atoms with Gasteiger partial charge in [-0.15, -0.1) is 0 Å². The van der Waals surface area contributed by atoms with Crippen molar-refractivity contribution in [2.45, 2.75) is 38.1 Å². The predicted octanol–water partition coefficient (Wildman–Crippen LogP) is 2.95. The number of carbonyl (C=O) groups is 2. The highest BCUT2D eigenvalue weighted by molar-refractivity contribution is 5.98. The average Bonchev–Trinajstić information content (AvgIpc) is 3.00. The van der Waals surface area contributed by atoms with Gasteiger partial charge in [0.1, 0.15) is 0 Å². The maximum absolute atomic E-state index is 12.8. The third kappa shape index (κ3) is 2.35. The number of carboxylic acid groups (broad SMARTS) is 1. The van der Waals surface area contributed by atoms with Crippen molar-refractivity contribution >= 4 is 17.6 Å². The summed E-state index contributed by atoms with van der Waals surface area (Å²) in [6.07, 6.45) is 6.13.